The van der Waals surface area contributed by atoms with Crippen LogP contribution in [0.25, 0.3) is 0 Å². The summed E-state index contributed by atoms with van der Waals surface area (Å²) in [7, 11) is 1.65. The summed E-state index contributed by atoms with van der Waals surface area (Å²) < 4.78 is 5.29. The Morgan fingerprint density at radius 1 is 1.36 bits per heavy atom. The Morgan fingerprint density at radius 3 is 2.64 bits per heavy atom. The van der Waals surface area contributed by atoms with Crippen LogP contribution >= 0.6 is 24.8 Å². The van der Waals surface area contributed by atoms with Gasteiger partial charge < -0.3 is 15.2 Å². The molecule has 22 heavy (non-hydrogen) atoms. The van der Waals surface area contributed by atoms with E-state index in [0.29, 0.717) is 5.75 Å². The van der Waals surface area contributed by atoms with E-state index in [1.165, 1.54) is 0 Å². The van der Waals surface area contributed by atoms with E-state index in [4.69, 9.17) is 4.74 Å². The lowest BCUT2D eigenvalue weighted by Crippen LogP contribution is -2.45. The number of piperazine rings is 1. The van der Waals surface area contributed by atoms with Gasteiger partial charge in [-0.1, -0.05) is 6.08 Å². The summed E-state index contributed by atoms with van der Waals surface area (Å²) in [5.74, 6) is 1.13. The number of halogens is 2. The fourth-order valence-corrected chi connectivity index (χ4v) is 2.73. The van der Waals surface area contributed by atoms with E-state index < -0.39 is 0 Å². The molecule has 126 valence electrons. The summed E-state index contributed by atoms with van der Waals surface area (Å²) >= 11 is 0. The number of aromatic hydroxyl groups is 1. The summed E-state index contributed by atoms with van der Waals surface area (Å²) in [5, 5.41) is 13.6. The Bertz CT molecular complexity index is 452. The van der Waals surface area contributed by atoms with Crippen LogP contribution in [-0.2, 0) is 0 Å². The van der Waals surface area contributed by atoms with Crippen molar-refractivity contribution in [3.05, 3.63) is 36.4 Å². The van der Waals surface area contributed by atoms with Crippen molar-refractivity contribution in [2.45, 2.75) is 18.9 Å². The number of hydrogen-bond acceptors (Lipinski definition) is 4. The van der Waals surface area contributed by atoms with Gasteiger partial charge in [0.2, 0.25) is 0 Å². The topological polar surface area (TPSA) is 44.7 Å². The first-order valence-corrected chi connectivity index (χ1v) is 7.19. The first-order chi connectivity index (χ1) is 9.76. The number of benzene rings is 1. The van der Waals surface area contributed by atoms with Gasteiger partial charge in [0.05, 0.1) is 7.11 Å². The highest BCUT2D eigenvalue weighted by Crippen LogP contribution is 2.35. The third-order valence-electron chi connectivity index (χ3n) is 3.83. The van der Waals surface area contributed by atoms with Crippen molar-refractivity contribution in [3.8, 4) is 11.5 Å². The Kier molecular flexibility index (Phi) is 10.3. The van der Waals surface area contributed by atoms with Crippen molar-refractivity contribution in [2.24, 2.45) is 0 Å². The molecular weight excluding hydrogens is 323 g/mol. The van der Waals surface area contributed by atoms with E-state index in [1.807, 2.05) is 12.1 Å². The molecule has 0 aromatic heterocycles. The zero-order valence-electron chi connectivity index (χ0n) is 13.0. The van der Waals surface area contributed by atoms with E-state index in [1.54, 1.807) is 19.2 Å². The zero-order chi connectivity index (χ0) is 14.4. The molecule has 0 unspecified atom stereocenters. The van der Waals surface area contributed by atoms with Crippen molar-refractivity contribution >= 4 is 24.8 Å². The number of rotatable bonds is 6. The van der Waals surface area contributed by atoms with Gasteiger partial charge in [-0.15, -0.1) is 31.4 Å². The number of nitrogens with one attached hydrogen (secondary N) is 1. The van der Waals surface area contributed by atoms with E-state index in [0.717, 1.165) is 50.3 Å². The summed E-state index contributed by atoms with van der Waals surface area (Å²) in [6.07, 6.45) is 3.84. The van der Waals surface area contributed by atoms with Crippen LogP contribution in [-0.4, -0.2) is 43.3 Å². The molecule has 2 N–H and O–H groups in total. The summed E-state index contributed by atoms with van der Waals surface area (Å²) in [4.78, 5) is 2.43. The number of methoxy groups -OCH3 is 1. The molecule has 1 aromatic rings. The van der Waals surface area contributed by atoms with Crippen LogP contribution in [0.5, 0.6) is 11.5 Å². The third-order valence-corrected chi connectivity index (χ3v) is 3.83. The van der Waals surface area contributed by atoms with Gasteiger partial charge in [0.1, 0.15) is 11.5 Å². The van der Waals surface area contributed by atoms with Gasteiger partial charge in [0.15, 0.2) is 0 Å². The third kappa shape index (κ3) is 5.36. The smallest absolute Gasteiger partial charge is 0.120 e. The summed E-state index contributed by atoms with van der Waals surface area (Å²) in [6, 6.07) is 5.68. The van der Waals surface area contributed by atoms with Gasteiger partial charge in [-0.3, -0.25) is 4.90 Å². The molecule has 0 saturated carbocycles. The number of nitrogens with zero attached hydrogens (tertiary/aromatic N) is 1. The van der Waals surface area contributed by atoms with Crippen LogP contribution in [0.3, 0.4) is 0 Å². The Hall–Kier alpha value is -0.940. The van der Waals surface area contributed by atoms with E-state index >= 15 is 0 Å². The maximum absolute atomic E-state index is 10.2. The second kappa shape index (κ2) is 10.7. The molecule has 1 aliphatic rings. The molecule has 6 heteroatoms. The molecule has 1 saturated heterocycles. The van der Waals surface area contributed by atoms with Crippen molar-refractivity contribution in [1.29, 1.82) is 0 Å². The normalized spacial score (nSPS) is 16.0. The quantitative estimate of drug-likeness (QED) is 0.775. The lowest BCUT2D eigenvalue weighted by molar-refractivity contribution is 0.163. The highest BCUT2D eigenvalue weighted by molar-refractivity contribution is 5.85. The summed E-state index contributed by atoms with van der Waals surface area (Å²) in [5.41, 5.74) is 0.952. The minimum Gasteiger partial charge on any atom is -0.508 e. The monoisotopic (exact) mass is 348 g/mol. The molecule has 1 aliphatic heterocycles. The molecule has 1 heterocycles. The lowest BCUT2D eigenvalue weighted by Gasteiger charge is -2.35. The van der Waals surface area contributed by atoms with Gasteiger partial charge in [-0.2, -0.15) is 0 Å². The second-order valence-corrected chi connectivity index (χ2v) is 5.09. The predicted molar refractivity (Wildman–Crippen MR) is 95.8 cm³/mol. The largest absolute Gasteiger partial charge is 0.508 e. The molecule has 0 amide bonds. The lowest BCUT2D eigenvalue weighted by atomic mass is 9.98. The first-order valence-electron chi connectivity index (χ1n) is 7.19. The highest BCUT2D eigenvalue weighted by atomic mass is 35.5. The summed E-state index contributed by atoms with van der Waals surface area (Å²) in [6.45, 7) is 7.80. The molecule has 2 rings (SSSR count). The maximum Gasteiger partial charge on any atom is 0.120 e. The second-order valence-electron chi connectivity index (χ2n) is 5.09. The van der Waals surface area contributed by atoms with Gasteiger partial charge in [0.25, 0.3) is 0 Å². The molecule has 1 aromatic carbocycles. The number of phenols is 1. The molecule has 0 spiro atoms. The van der Waals surface area contributed by atoms with E-state index in [2.05, 4.69) is 16.8 Å². The van der Waals surface area contributed by atoms with Gasteiger partial charge in [-0.25, -0.2) is 0 Å². The molecular formula is C16H26Cl2N2O2. The molecule has 1 fully saturated rings. The van der Waals surface area contributed by atoms with E-state index in [-0.39, 0.29) is 30.9 Å². The van der Waals surface area contributed by atoms with Crippen molar-refractivity contribution in [1.82, 2.24) is 10.2 Å². The number of ether oxygens (including phenoxy) is 1. The molecule has 0 radical (unpaired) electrons. The van der Waals surface area contributed by atoms with E-state index in [9.17, 15) is 5.11 Å². The van der Waals surface area contributed by atoms with Crippen LogP contribution in [0.1, 0.15) is 24.4 Å². The number of phenolic OH excluding ortho intramolecular Hbond substituents is 1. The average Bonchev–Trinajstić information content (AvgIpc) is 2.50. The first kappa shape index (κ1) is 21.1. The van der Waals surface area contributed by atoms with Crippen molar-refractivity contribution in [2.75, 3.05) is 33.3 Å². The Balaban J connectivity index is 0.00000220. The standard InChI is InChI=1S/C16H24N2O2.2ClH/c1-3-4-5-15(18-10-8-17-9-11-18)14-12-13(20-2)6-7-16(14)19;;/h3,6-7,12,15,17,19H,1,4-5,8-11H2,2H3;2*1H/t15-;;/m1../s1. The van der Waals surface area contributed by atoms with Crippen molar-refractivity contribution < 1.29 is 9.84 Å². The highest BCUT2D eigenvalue weighted by Gasteiger charge is 2.24. The predicted octanol–water partition coefficient (Wildman–Crippen LogP) is 3.16. The minimum atomic E-state index is 0. The maximum atomic E-state index is 10.2. The Labute approximate surface area is 145 Å². The fraction of sp³-hybridized carbons (Fsp3) is 0.500. The molecule has 4 nitrogen and oxygen atoms in total. The van der Waals surface area contributed by atoms with Gasteiger partial charge in [0, 0.05) is 37.8 Å². The van der Waals surface area contributed by atoms with Crippen LogP contribution in [0.4, 0.5) is 0 Å². The van der Waals surface area contributed by atoms with Crippen LogP contribution < -0.4 is 10.1 Å². The van der Waals surface area contributed by atoms with Crippen molar-refractivity contribution in [3.63, 3.8) is 0 Å². The average molecular weight is 349 g/mol. The van der Waals surface area contributed by atoms with Crippen LogP contribution in [0.15, 0.2) is 30.9 Å². The molecule has 0 bridgehead atoms. The molecule has 0 aliphatic carbocycles. The minimum absolute atomic E-state index is 0. The number of allylic oxidation sites excluding steroid dienone is 1. The fourth-order valence-electron chi connectivity index (χ4n) is 2.73. The number of hydrogen-bond donors (Lipinski definition) is 2. The molecule has 1 atom stereocenters. The van der Waals surface area contributed by atoms with Crippen LogP contribution in [0, 0.1) is 0 Å². The van der Waals surface area contributed by atoms with Crippen LogP contribution in [0.2, 0.25) is 0 Å². The van der Waals surface area contributed by atoms with Gasteiger partial charge >= 0.3 is 0 Å². The Morgan fingerprint density at radius 2 is 2.05 bits per heavy atom. The zero-order valence-corrected chi connectivity index (χ0v) is 14.6. The van der Waals surface area contributed by atoms with Gasteiger partial charge in [-0.05, 0) is 31.0 Å². The SMILES string of the molecule is C=CCC[C@H](c1cc(OC)ccc1O)N1CCNCC1.Cl.Cl.